The van der Waals surface area contributed by atoms with Gasteiger partial charge in [-0.05, 0) is 0 Å². The quantitative estimate of drug-likeness (QED) is 0.389. The summed E-state index contributed by atoms with van der Waals surface area (Å²) in [5.74, 6) is -0.254. The lowest BCUT2D eigenvalue weighted by molar-refractivity contribution is -0.145. The molecule has 2 aliphatic heterocycles. The van der Waals surface area contributed by atoms with Crippen LogP contribution in [0.4, 0.5) is 0 Å². The largest absolute Gasteiger partial charge is 0.461 e. The summed E-state index contributed by atoms with van der Waals surface area (Å²) in [4.78, 5) is 10.7. The van der Waals surface area contributed by atoms with Crippen molar-refractivity contribution in [3.05, 3.63) is 0 Å². The molecule has 2 fully saturated rings. The van der Waals surface area contributed by atoms with Gasteiger partial charge in [0.2, 0.25) is 0 Å². The van der Waals surface area contributed by atoms with E-state index in [0.717, 1.165) is 6.61 Å². The van der Waals surface area contributed by atoms with Crippen LogP contribution in [0.3, 0.4) is 0 Å². The third-order valence-electron chi connectivity index (χ3n) is 1.41. The van der Waals surface area contributed by atoms with E-state index in [0.29, 0.717) is 13.2 Å². The SMILES string of the molecule is O=C(OC[C@@H]1CO1)[C@H]1CO1. The molecule has 2 heterocycles. The minimum absolute atomic E-state index is 0.155. The lowest BCUT2D eigenvalue weighted by Crippen LogP contribution is -2.14. The molecule has 4 heteroatoms. The van der Waals surface area contributed by atoms with Crippen LogP contribution in [0.25, 0.3) is 0 Å². The Morgan fingerprint density at radius 2 is 2.20 bits per heavy atom. The summed E-state index contributed by atoms with van der Waals surface area (Å²) in [6.45, 7) is 1.63. The molecule has 10 heavy (non-hydrogen) atoms. The molecule has 0 bridgehead atoms. The summed E-state index contributed by atoms with van der Waals surface area (Å²) in [7, 11) is 0. The average molecular weight is 144 g/mol. The van der Waals surface area contributed by atoms with Gasteiger partial charge in [-0.2, -0.15) is 0 Å². The highest BCUT2D eigenvalue weighted by atomic mass is 16.6. The number of hydrogen-bond donors (Lipinski definition) is 0. The normalized spacial score (nSPS) is 35.2. The number of carbonyl (C=O) groups excluding carboxylic acids is 1. The number of hydrogen-bond acceptors (Lipinski definition) is 4. The van der Waals surface area contributed by atoms with Crippen molar-refractivity contribution in [1.29, 1.82) is 0 Å². The Bertz CT molecular complexity index is 148. The van der Waals surface area contributed by atoms with Crippen LogP contribution in [-0.2, 0) is 19.0 Å². The van der Waals surface area contributed by atoms with Crippen LogP contribution < -0.4 is 0 Å². The molecule has 0 aromatic carbocycles. The van der Waals surface area contributed by atoms with Gasteiger partial charge in [-0.3, -0.25) is 0 Å². The standard InChI is InChI=1S/C6H8O4/c7-6(5-3-9-5)10-2-4-1-8-4/h4-5H,1-3H2/t4-,5+/m0/s1. The molecule has 0 aliphatic carbocycles. The van der Waals surface area contributed by atoms with Gasteiger partial charge in [-0.1, -0.05) is 0 Å². The molecule has 0 aromatic heterocycles. The van der Waals surface area contributed by atoms with E-state index in [1.165, 1.54) is 0 Å². The van der Waals surface area contributed by atoms with Crippen LogP contribution in [-0.4, -0.2) is 38.0 Å². The fourth-order valence-electron chi connectivity index (χ4n) is 0.616. The summed E-state index contributed by atoms with van der Waals surface area (Å²) >= 11 is 0. The van der Waals surface area contributed by atoms with Gasteiger partial charge < -0.3 is 14.2 Å². The fraction of sp³-hybridized carbons (Fsp3) is 0.833. The van der Waals surface area contributed by atoms with Crippen LogP contribution in [0, 0.1) is 0 Å². The summed E-state index contributed by atoms with van der Waals surface area (Å²) in [6.07, 6.45) is -0.124. The summed E-state index contributed by atoms with van der Waals surface area (Å²) < 4.78 is 14.3. The predicted octanol–water partition coefficient (Wildman–Crippen LogP) is -0.673. The predicted molar refractivity (Wildman–Crippen MR) is 30.4 cm³/mol. The maximum absolute atomic E-state index is 10.7. The van der Waals surface area contributed by atoms with Crippen LogP contribution in [0.5, 0.6) is 0 Å². The van der Waals surface area contributed by atoms with Gasteiger partial charge >= 0.3 is 5.97 Å². The number of ether oxygens (including phenoxy) is 3. The fourth-order valence-corrected chi connectivity index (χ4v) is 0.616. The third kappa shape index (κ3) is 1.46. The Kier molecular flexibility index (Phi) is 1.35. The van der Waals surface area contributed by atoms with Crippen molar-refractivity contribution in [3.63, 3.8) is 0 Å². The summed E-state index contributed by atoms with van der Waals surface area (Å²) in [5, 5.41) is 0. The highest BCUT2D eigenvalue weighted by Crippen LogP contribution is 2.13. The van der Waals surface area contributed by atoms with Gasteiger partial charge in [0.15, 0.2) is 6.10 Å². The Balaban J connectivity index is 1.63. The highest BCUT2D eigenvalue weighted by Gasteiger charge is 2.34. The Labute approximate surface area is 58.1 Å². The molecule has 0 spiro atoms. The highest BCUT2D eigenvalue weighted by molar-refractivity contribution is 5.76. The zero-order valence-corrected chi connectivity index (χ0v) is 5.41. The van der Waals surface area contributed by atoms with E-state index in [2.05, 4.69) is 0 Å². The first kappa shape index (κ1) is 6.12. The van der Waals surface area contributed by atoms with Crippen LogP contribution in [0.1, 0.15) is 0 Å². The third-order valence-corrected chi connectivity index (χ3v) is 1.41. The first-order valence-corrected chi connectivity index (χ1v) is 3.26. The molecule has 2 saturated heterocycles. The van der Waals surface area contributed by atoms with E-state index in [4.69, 9.17) is 14.2 Å². The Morgan fingerprint density at radius 3 is 2.70 bits per heavy atom. The lowest BCUT2D eigenvalue weighted by atomic mass is 10.5. The molecule has 0 amide bonds. The minimum Gasteiger partial charge on any atom is -0.461 e. The lowest BCUT2D eigenvalue weighted by Gasteiger charge is -1.97. The molecule has 0 unspecified atom stereocenters. The van der Waals surface area contributed by atoms with Gasteiger partial charge in [0, 0.05) is 0 Å². The van der Waals surface area contributed by atoms with Crippen LogP contribution >= 0.6 is 0 Å². The van der Waals surface area contributed by atoms with Crippen LogP contribution in [0.15, 0.2) is 0 Å². The Morgan fingerprint density at radius 1 is 1.50 bits per heavy atom. The minimum atomic E-state index is -0.279. The Hall–Kier alpha value is -0.610. The van der Waals surface area contributed by atoms with E-state index >= 15 is 0 Å². The topological polar surface area (TPSA) is 51.4 Å². The van der Waals surface area contributed by atoms with E-state index in [1.807, 2.05) is 0 Å². The molecule has 2 rings (SSSR count). The molecule has 0 radical (unpaired) electrons. The van der Waals surface area contributed by atoms with E-state index in [9.17, 15) is 4.79 Å². The van der Waals surface area contributed by atoms with E-state index in [1.54, 1.807) is 0 Å². The maximum Gasteiger partial charge on any atom is 0.337 e. The summed E-state index contributed by atoms with van der Waals surface area (Å²) in [5.41, 5.74) is 0. The van der Waals surface area contributed by atoms with Crippen molar-refractivity contribution < 1.29 is 19.0 Å². The molecular weight excluding hydrogens is 136 g/mol. The first-order chi connectivity index (χ1) is 4.86. The van der Waals surface area contributed by atoms with Gasteiger partial charge in [0.25, 0.3) is 0 Å². The maximum atomic E-state index is 10.7. The summed E-state index contributed by atoms with van der Waals surface area (Å²) in [6, 6.07) is 0. The molecule has 0 N–H and O–H groups in total. The zero-order valence-electron chi connectivity index (χ0n) is 5.41. The number of rotatable bonds is 3. The van der Waals surface area contributed by atoms with Crippen molar-refractivity contribution >= 4 is 5.97 Å². The zero-order chi connectivity index (χ0) is 6.97. The number of epoxide rings is 2. The molecule has 0 aromatic rings. The molecule has 56 valence electrons. The van der Waals surface area contributed by atoms with Crippen LogP contribution in [0.2, 0.25) is 0 Å². The second-order valence-corrected chi connectivity index (χ2v) is 2.41. The number of carbonyl (C=O) groups is 1. The van der Waals surface area contributed by atoms with E-state index < -0.39 is 0 Å². The molecule has 2 atom stereocenters. The second kappa shape index (κ2) is 2.21. The van der Waals surface area contributed by atoms with Gasteiger partial charge in [0.1, 0.15) is 12.7 Å². The molecular formula is C6H8O4. The second-order valence-electron chi connectivity index (χ2n) is 2.41. The van der Waals surface area contributed by atoms with Crippen molar-refractivity contribution in [2.75, 3.05) is 19.8 Å². The monoisotopic (exact) mass is 144 g/mol. The first-order valence-electron chi connectivity index (χ1n) is 3.26. The smallest absolute Gasteiger partial charge is 0.337 e. The molecule has 4 nitrogen and oxygen atoms in total. The van der Waals surface area contributed by atoms with Gasteiger partial charge in [-0.25, -0.2) is 4.79 Å². The van der Waals surface area contributed by atoms with Gasteiger partial charge in [-0.15, -0.1) is 0 Å². The number of esters is 1. The van der Waals surface area contributed by atoms with Crippen molar-refractivity contribution in [2.45, 2.75) is 12.2 Å². The van der Waals surface area contributed by atoms with E-state index in [-0.39, 0.29) is 18.2 Å². The van der Waals surface area contributed by atoms with Gasteiger partial charge in [0.05, 0.1) is 13.2 Å². The average Bonchev–Trinajstić information content (AvgIpc) is 2.76. The molecule has 2 aliphatic rings. The van der Waals surface area contributed by atoms with Crippen molar-refractivity contribution in [2.24, 2.45) is 0 Å². The molecule has 0 saturated carbocycles. The van der Waals surface area contributed by atoms with Crippen molar-refractivity contribution in [3.8, 4) is 0 Å². The van der Waals surface area contributed by atoms with Crippen molar-refractivity contribution in [1.82, 2.24) is 0 Å².